The topological polar surface area (TPSA) is 214 Å². The maximum Gasteiger partial charge on any atom is 0.306 e. The first-order valence-electron chi connectivity index (χ1n) is 19.8. The number of hydrogen-bond acceptors (Lipinski definition) is 14. The quantitative estimate of drug-likeness (QED) is 0.0333. The minimum absolute atomic E-state index is 0.0598. The molecule has 2 heterocycles. The van der Waals surface area contributed by atoms with Crippen LogP contribution < -0.4 is 0 Å². The molecule has 0 spiro atoms. The van der Waals surface area contributed by atoms with Gasteiger partial charge in [0, 0.05) is 13.0 Å². The Hall–Kier alpha value is -1.27. The zero-order chi connectivity index (χ0) is 38.1. The predicted octanol–water partition coefficient (Wildman–Crippen LogP) is 2.78. The van der Waals surface area contributed by atoms with Crippen molar-refractivity contribution >= 4 is 5.97 Å². The van der Waals surface area contributed by atoms with Gasteiger partial charge in [-0.2, -0.15) is 0 Å². The van der Waals surface area contributed by atoms with Gasteiger partial charge in [-0.25, -0.2) is 0 Å². The number of carbonyl (C=O) groups excluding carboxylic acids is 1. The van der Waals surface area contributed by atoms with Crippen LogP contribution in [0.5, 0.6) is 0 Å². The SMILES string of the molecule is CCCC/C=C\CCCCCCCCOCC(COC1OC(COC2OC(CO)C(O)C(O)C2O)C(O)C(O)C1O)OC(=O)CCCCCCCC. The molecule has 0 saturated carbocycles. The van der Waals surface area contributed by atoms with Crippen molar-refractivity contribution in [2.75, 3.05) is 33.0 Å². The summed E-state index contributed by atoms with van der Waals surface area (Å²) in [5, 5.41) is 71.5. The number of aliphatic hydroxyl groups is 7. The first kappa shape index (κ1) is 46.9. The molecular weight excluding hydrogens is 680 g/mol. The Morgan fingerprint density at radius 1 is 0.615 bits per heavy atom. The van der Waals surface area contributed by atoms with Crippen LogP contribution in [0.4, 0.5) is 0 Å². The van der Waals surface area contributed by atoms with Gasteiger partial charge in [-0.3, -0.25) is 4.79 Å². The first-order chi connectivity index (χ1) is 25.1. The molecule has 7 N–H and O–H groups in total. The lowest BCUT2D eigenvalue weighted by Gasteiger charge is -2.42. The number of hydrogen-bond donors (Lipinski definition) is 7. The van der Waals surface area contributed by atoms with Crippen molar-refractivity contribution in [3.8, 4) is 0 Å². The summed E-state index contributed by atoms with van der Waals surface area (Å²) in [5.74, 6) is -0.390. The van der Waals surface area contributed by atoms with E-state index in [9.17, 15) is 40.5 Å². The molecule has 2 saturated heterocycles. The van der Waals surface area contributed by atoms with E-state index >= 15 is 0 Å². The van der Waals surface area contributed by atoms with Crippen LogP contribution in [0.2, 0.25) is 0 Å². The number of allylic oxidation sites excluding steroid dienone is 2. The van der Waals surface area contributed by atoms with E-state index in [0.29, 0.717) is 13.0 Å². The molecule has 11 unspecified atom stereocenters. The van der Waals surface area contributed by atoms with Crippen LogP contribution in [0.1, 0.15) is 123 Å². The van der Waals surface area contributed by atoms with Crippen LogP contribution in [0.15, 0.2) is 12.2 Å². The number of ether oxygens (including phenoxy) is 6. The van der Waals surface area contributed by atoms with E-state index < -0.39 is 80.7 Å². The fourth-order valence-electron chi connectivity index (χ4n) is 6.15. The molecular formula is C38H70O14. The Kier molecular flexibility index (Phi) is 25.4. The molecule has 11 atom stereocenters. The molecule has 2 aliphatic heterocycles. The molecule has 0 aliphatic carbocycles. The summed E-state index contributed by atoms with van der Waals surface area (Å²) in [6.07, 6.45) is 6.16. The normalized spacial score (nSPS) is 30.2. The van der Waals surface area contributed by atoms with Gasteiger partial charge in [-0.15, -0.1) is 0 Å². The maximum atomic E-state index is 12.7. The highest BCUT2D eigenvalue weighted by atomic mass is 16.7. The van der Waals surface area contributed by atoms with Crippen LogP contribution in [-0.2, 0) is 33.2 Å². The Labute approximate surface area is 310 Å². The van der Waals surface area contributed by atoms with E-state index in [0.717, 1.165) is 51.4 Å². The van der Waals surface area contributed by atoms with Gasteiger partial charge in [0.05, 0.1) is 26.4 Å². The van der Waals surface area contributed by atoms with Crippen molar-refractivity contribution in [1.82, 2.24) is 0 Å². The van der Waals surface area contributed by atoms with Gasteiger partial charge in [0.15, 0.2) is 12.6 Å². The third-order valence-electron chi connectivity index (χ3n) is 9.52. The summed E-state index contributed by atoms with van der Waals surface area (Å²) >= 11 is 0. The Morgan fingerprint density at radius 3 is 1.81 bits per heavy atom. The minimum Gasteiger partial charge on any atom is -0.457 e. The Morgan fingerprint density at radius 2 is 1.15 bits per heavy atom. The van der Waals surface area contributed by atoms with Gasteiger partial charge in [-0.05, 0) is 32.1 Å². The second-order valence-electron chi connectivity index (χ2n) is 14.1. The molecule has 0 aromatic heterocycles. The molecule has 2 rings (SSSR count). The monoisotopic (exact) mass is 750 g/mol. The molecule has 14 heteroatoms. The van der Waals surface area contributed by atoms with Crippen LogP contribution >= 0.6 is 0 Å². The van der Waals surface area contributed by atoms with Gasteiger partial charge >= 0.3 is 5.97 Å². The van der Waals surface area contributed by atoms with E-state index in [4.69, 9.17) is 28.4 Å². The average Bonchev–Trinajstić information content (AvgIpc) is 3.14. The zero-order valence-corrected chi connectivity index (χ0v) is 31.6. The summed E-state index contributed by atoms with van der Waals surface area (Å²) in [4.78, 5) is 12.7. The summed E-state index contributed by atoms with van der Waals surface area (Å²) in [6.45, 7) is 3.54. The molecule has 0 radical (unpaired) electrons. The lowest BCUT2D eigenvalue weighted by Crippen LogP contribution is -2.61. The van der Waals surface area contributed by atoms with Crippen molar-refractivity contribution in [2.24, 2.45) is 0 Å². The molecule has 0 amide bonds. The second-order valence-corrected chi connectivity index (χ2v) is 14.1. The van der Waals surface area contributed by atoms with Gasteiger partial charge in [0.2, 0.25) is 0 Å². The number of unbranched alkanes of at least 4 members (excludes halogenated alkanes) is 13. The predicted molar refractivity (Wildman–Crippen MR) is 192 cm³/mol. The summed E-state index contributed by atoms with van der Waals surface area (Å²) in [6, 6.07) is 0. The van der Waals surface area contributed by atoms with Crippen molar-refractivity contribution < 1.29 is 69.0 Å². The maximum absolute atomic E-state index is 12.7. The van der Waals surface area contributed by atoms with Gasteiger partial charge < -0.3 is 64.2 Å². The van der Waals surface area contributed by atoms with E-state index in [1.54, 1.807) is 0 Å². The number of esters is 1. The molecule has 2 fully saturated rings. The van der Waals surface area contributed by atoms with Crippen molar-refractivity contribution in [3.63, 3.8) is 0 Å². The third kappa shape index (κ3) is 17.9. The fraction of sp³-hybridized carbons (Fsp3) is 0.921. The summed E-state index contributed by atoms with van der Waals surface area (Å²) < 4.78 is 33.9. The molecule has 14 nitrogen and oxygen atoms in total. The lowest BCUT2D eigenvalue weighted by atomic mass is 9.98. The van der Waals surface area contributed by atoms with E-state index in [2.05, 4.69) is 26.0 Å². The van der Waals surface area contributed by atoms with E-state index in [1.807, 2.05) is 0 Å². The number of carbonyl (C=O) groups is 1. The largest absolute Gasteiger partial charge is 0.457 e. The zero-order valence-electron chi connectivity index (χ0n) is 31.6. The third-order valence-corrected chi connectivity index (χ3v) is 9.52. The van der Waals surface area contributed by atoms with Crippen molar-refractivity contribution in [1.29, 1.82) is 0 Å². The van der Waals surface area contributed by atoms with Crippen molar-refractivity contribution in [3.05, 3.63) is 12.2 Å². The highest BCUT2D eigenvalue weighted by Crippen LogP contribution is 2.26. The van der Waals surface area contributed by atoms with Crippen LogP contribution in [0.3, 0.4) is 0 Å². The molecule has 306 valence electrons. The summed E-state index contributed by atoms with van der Waals surface area (Å²) in [7, 11) is 0. The first-order valence-corrected chi connectivity index (χ1v) is 19.8. The van der Waals surface area contributed by atoms with Gasteiger partial charge in [0.1, 0.15) is 54.9 Å². The Bertz CT molecular complexity index is 922. The Balaban J connectivity index is 1.84. The molecule has 0 bridgehead atoms. The fourth-order valence-corrected chi connectivity index (χ4v) is 6.15. The highest BCUT2D eigenvalue weighted by molar-refractivity contribution is 5.69. The molecule has 0 aromatic carbocycles. The minimum atomic E-state index is -1.70. The number of rotatable bonds is 29. The van der Waals surface area contributed by atoms with Crippen LogP contribution in [0, 0.1) is 0 Å². The number of aliphatic hydroxyl groups excluding tert-OH is 7. The van der Waals surface area contributed by atoms with Crippen molar-refractivity contribution in [2.45, 2.75) is 191 Å². The molecule has 2 aliphatic rings. The van der Waals surface area contributed by atoms with Gasteiger partial charge in [-0.1, -0.05) is 96.6 Å². The standard InChI is InChI=1S/C38H70O14/c1-3-5-7-9-11-12-13-14-15-16-18-20-22-47-24-27(50-30(40)21-19-17-10-8-6-4-2)25-48-37-36(46)34(44)32(42)29(52-37)26-49-38-35(45)33(43)31(41)28(23-39)51-38/h9,11,27-29,31-39,41-46H,3-8,10,12-26H2,1-2H3/b11-9-. The van der Waals surface area contributed by atoms with E-state index in [-0.39, 0.29) is 25.6 Å². The lowest BCUT2D eigenvalue weighted by molar-refractivity contribution is -0.332. The highest BCUT2D eigenvalue weighted by Gasteiger charge is 2.47. The summed E-state index contributed by atoms with van der Waals surface area (Å²) in [5.41, 5.74) is 0. The van der Waals surface area contributed by atoms with Crippen LogP contribution in [-0.4, -0.2) is 142 Å². The smallest absolute Gasteiger partial charge is 0.306 e. The van der Waals surface area contributed by atoms with E-state index in [1.165, 1.54) is 44.9 Å². The second kappa shape index (κ2) is 28.2. The average molecular weight is 751 g/mol. The van der Waals surface area contributed by atoms with Gasteiger partial charge in [0.25, 0.3) is 0 Å². The molecule has 52 heavy (non-hydrogen) atoms. The van der Waals surface area contributed by atoms with Crippen LogP contribution in [0.25, 0.3) is 0 Å². The molecule has 0 aromatic rings.